The Kier molecular flexibility index (Phi) is 3.33. The van der Waals surface area contributed by atoms with Gasteiger partial charge in [0.25, 0.3) is 5.91 Å². The van der Waals surface area contributed by atoms with Crippen LogP contribution in [0.25, 0.3) is 0 Å². The highest BCUT2D eigenvalue weighted by Gasteiger charge is 2.20. The van der Waals surface area contributed by atoms with Gasteiger partial charge in [-0.3, -0.25) is 4.79 Å². The van der Waals surface area contributed by atoms with Crippen molar-refractivity contribution in [2.24, 2.45) is 7.05 Å². The molecule has 0 saturated carbocycles. The number of piperidine rings is 1. The van der Waals surface area contributed by atoms with Gasteiger partial charge in [0.1, 0.15) is 5.69 Å². The summed E-state index contributed by atoms with van der Waals surface area (Å²) >= 11 is 2.24. The molecule has 1 amide bonds. The number of aryl methyl sites for hydroxylation is 1. The maximum Gasteiger partial charge on any atom is 0.270 e. The second kappa shape index (κ2) is 4.55. The molecule has 0 aliphatic carbocycles. The van der Waals surface area contributed by atoms with Crippen molar-refractivity contribution in [1.29, 1.82) is 0 Å². The van der Waals surface area contributed by atoms with E-state index in [0.29, 0.717) is 0 Å². The molecule has 0 spiro atoms. The molecule has 82 valence electrons. The quantitative estimate of drug-likeness (QED) is 0.729. The minimum atomic E-state index is 0.181. The number of carbonyl (C=O) groups is 1. The zero-order valence-electron chi connectivity index (χ0n) is 8.87. The largest absolute Gasteiger partial charge is 0.346 e. The van der Waals surface area contributed by atoms with Gasteiger partial charge in [0.2, 0.25) is 0 Å². The SMILES string of the molecule is Cn1cc(I)cc1C(=O)N1CCCCC1. The van der Waals surface area contributed by atoms with E-state index in [2.05, 4.69) is 22.6 Å². The third kappa shape index (κ3) is 2.35. The van der Waals surface area contributed by atoms with Crippen molar-refractivity contribution in [2.45, 2.75) is 19.3 Å². The lowest BCUT2D eigenvalue weighted by Gasteiger charge is -2.26. The third-order valence-corrected chi connectivity index (χ3v) is 3.42. The lowest BCUT2D eigenvalue weighted by Crippen LogP contribution is -2.36. The van der Waals surface area contributed by atoms with Crippen molar-refractivity contribution in [1.82, 2.24) is 9.47 Å². The second-order valence-corrected chi connectivity index (χ2v) is 5.25. The van der Waals surface area contributed by atoms with Crippen LogP contribution in [0.4, 0.5) is 0 Å². The minimum absolute atomic E-state index is 0.181. The molecule has 0 radical (unpaired) electrons. The molecule has 0 aromatic carbocycles. The van der Waals surface area contributed by atoms with Crippen LogP contribution >= 0.6 is 22.6 Å². The molecule has 1 aromatic heterocycles. The number of nitrogens with zero attached hydrogens (tertiary/aromatic N) is 2. The first-order valence-electron chi connectivity index (χ1n) is 5.29. The first-order chi connectivity index (χ1) is 7.18. The zero-order chi connectivity index (χ0) is 10.8. The van der Waals surface area contributed by atoms with Gasteiger partial charge in [-0.15, -0.1) is 0 Å². The molecule has 4 heteroatoms. The lowest BCUT2D eigenvalue weighted by atomic mass is 10.1. The van der Waals surface area contributed by atoms with E-state index < -0.39 is 0 Å². The Morgan fingerprint density at radius 3 is 2.53 bits per heavy atom. The Balaban J connectivity index is 2.16. The first-order valence-corrected chi connectivity index (χ1v) is 6.37. The molecular weight excluding hydrogens is 303 g/mol. The highest BCUT2D eigenvalue weighted by Crippen LogP contribution is 2.15. The van der Waals surface area contributed by atoms with Crippen LogP contribution in [0, 0.1) is 3.57 Å². The van der Waals surface area contributed by atoms with Gasteiger partial charge in [0.05, 0.1) is 0 Å². The molecule has 1 aliphatic rings. The molecule has 0 bridgehead atoms. The lowest BCUT2D eigenvalue weighted by molar-refractivity contribution is 0.0714. The van der Waals surface area contributed by atoms with Crippen LogP contribution in [-0.4, -0.2) is 28.5 Å². The van der Waals surface area contributed by atoms with Gasteiger partial charge in [0, 0.05) is 29.9 Å². The Bertz CT molecular complexity index is 367. The fraction of sp³-hybridized carbons (Fsp3) is 0.545. The second-order valence-electron chi connectivity index (χ2n) is 4.01. The number of aromatic nitrogens is 1. The Hall–Kier alpha value is -0.520. The van der Waals surface area contributed by atoms with E-state index in [1.165, 1.54) is 6.42 Å². The Morgan fingerprint density at radius 2 is 2.00 bits per heavy atom. The predicted molar refractivity (Wildman–Crippen MR) is 67.9 cm³/mol. The number of rotatable bonds is 1. The maximum atomic E-state index is 12.1. The van der Waals surface area contributed by atoms with Crippen LogP contribution in [0.1, 0.15) is 29.8 Å². The number of likely N-dealkylation sites (tertiary alicyclic amines) is 1. The average molecular weight is 318 g/mol. The molecule has 15 heavy (non-hydrogen) atoms. The van der Waals surface area contributed by atoms with Crippen molar-refractivity contribution in [2.75, 3.05) is 13.1 Å². The number of carbonyl (C=O) groups excluding carboxylic acids is 1. The van der Waals surface area contributed by atoms with Crippen molar-refractivity contribution < 1.29 is 4.79 Å². The normalized spacial score (nSPS) is 16.8. The highest BCUT2D eigenvalue weighted by atomic mass is 127. The summed E-state index contributed by atoms with van der Waals surface area (Å²) in [4.78, 5) is 14.1. The monoisotopic (exact) mass is 318 g/mol. The predicted octanol–water partition coefficient (Wildman–Crippen LogP) is 2.26. The van der Waals surface area contributed by atoms with Gasteiger partial charge in [0.15, 0.2) is 0 Å². The van der Waals surface area contributed by atoms with Crippen LogP contribution in [0.15, 0.2) is 12.3 Å². The smallest absolute Gasteiger partial charge is 0.270 e. The van der Waals surface area contributed by atoms with E-state index in [9.17, 15) is 4.79 Å². The van der Waals surface area contributed by atoms with Gasteiger partial charge < -0.3 is 9.47 Å². The molecule has 1 saturated heterocycles. The molecule has 0 N–H and O–H groups in total. The van der Waals surface area contributed by atoms with E-state index in [4.69, 9.17) is 0 Å². The molecule has 0 atom stereocenters. The summed E-state index contributed by atoms with van der Waals surface area (Å²) in [5.74, 6) is 0.181. The van der Waals surface area contributed by atoms with Gasteiger partial charge in [-0.2, -0.15) is 0 Å². The fourth-order valence-electron chi connectivity index (χ4n) is 2.00. The number of hydrogen-bond donors (Lipinski definition) is 0. The minimum Gasteiger partial charge on any atom is -0.346 e. The summed E-state index contributed by atoms with van der Waals surface area (Å²) in [7, 11) is 1.93. The summed E-state index contributed by atoms with van der Waals surface area (Å²) < 4.78 is 3.04. The van der Waals surface area contributed by atoms with Crippen molar-refractivity contribution in [3.05, 3.63) is 21.5 Å². The van der Waals surface area contributed by atoms with Gasteiger partial charge in [-0.05, 0) is 47.9 Å². The molecule has 2 heterocycles. The van der Waals surface area contributed by atoms with Crippen molar-refractivity contribution in [3.63, 3.8) is 0 Å². The van der Waals surface area contributed by atoms with Gasteiger partial charge in [-0.1, -0.05) is 0 Å². The summed E-state index contributed by atoms with van der Waals surface area (Å²) in [6, 6.07) is 1.96. The van der Waals surface area contributed by atoms with Gasteiger partial charge in [-0.25, -0.2) is 0 Å². The van der Waals surface area contributed by atoms with E-state index in [-0.39, 0.29) is 5.91 Å². The van der Waals surface area contributed by atoms with Crippen LogP contribution in [0.5, 0.6) is 0 Å². The summed E-state index contributed by atoms with van der Waals surface area (Å²) in [6.45, 7) is 1.83. The molecule has 0 unspecified atom stereocenters. The van der Waals surface area contributed by atoms with E-state index in [0.717, 1.165) is 35.2 Å². The molecule has 1 aromatic rings. The topological polar surface area (TPSA) is 25.2 Å². The number of halogens is 1. The van der Waals surface area contributed by atoms with Crippen LogP contribution in [0.3, 0.4) is 0 Å². The number of amides is 1. The first kappa shape index (κ1) is 11.0. The average Bonchev–Trinajstić information content (AvgIpc) is 2.58. The molecule has 1 aliphatic heterocycles. The highest BCUT2D eigenvalue weighted by molar-refractivity contribution is 14.1. The Labute approximate surface area is 104 Å². The standard InChI is InChI=1S/C11H15IN2O/c1-13-8-9(12)7-10(13)11(15)14-5-3-2-4-6-14/h7-8H,2-6H2,1H3. The van der Waals surface area contributed by atoms with E-state index in [1.54, 1.807) is 0 Å². The van der Waals surface area contributed by atoms with Crippen molar-refractivity contribution in [3.8, 4) is 0 Å². The summed E-state index contributed by atoms with van der Waals surface area (Å²) in [5.41, 5.74) is 0.807. The maximum absolute atomic E-state index is 12.1. The third-order valence-electron chi connectivity index (χ3n) is 2.83. The van der Waals surface area contributed by atoms with Gasteiger partial charge >= 0.3 is 0 Å². The van der Waals surface area contributed by atoms with Crippen LogP contribution < -0.4 is 0 Å². The molecule has 2 rings (SSSR count). The van der Waals surface area contributed by atoms with E-state index in [1.807, 2.05) is 28.8 Å². The molecular formula is C11H15IN2O. The van der Waals surface area contributed by atoms with Crippen molar-refractivity contribution >= 4 is 28.5 Å². The summed E-state index contributed by atoms with van der Waals surface area (Å²) in [5, 5.41) is 0. The zero-order valence-corrected chi connectivity index (χ0v) is 11.0. The Morgan fingerprint density at radius 1 is 1.33 bits per heavy atom. The fourth-order valence-corrected chi connectivity index (χ4v) is 2.71. The van der Waals surface area contributed by atoms with Crippen LogP contribution in [0.2, 0.25) is 0 Å². The molecule has 3 nitrogen and oxygen atoms in total. The summed E-state index contributed by atoms with van der Waals surface area (Å²) in [6.07, 6.45) is 5.53. The number of hydrogen-bond acceptors (Lipinski definition) is 1. The molecule has 1 fully saturated rings. The van der Waals surface area contributed by atoms with Crippen LogP contribution in [-0.2, 0) is 7.05 Å². The van der Waals surface area contributed by atoms with E-state index >= 15 is 0 Å².